The van der Waals surface area contributed by atoms with Crippen LogP contribution < -0.4 is 5.73 Å². The zero-order valence-electron chi connectivity index (χ0n) is 10.2. The number of carbonyl (C=O) groups is 2. The van der Waals surface area contributed by atoms with E-state index in [4.69, 9.17) is 5.73 Å². The summed E-state index contributed by atoms with van der Waals surface area (Å²) in [6.45, 7) is 2.20. The van der Waals surface area contributed by atoms with Gasteiger partial charge in [0.05, 0.1) is 5.92 Å². The Labute approximate surface area is 104 Å². The summed E-state index contributed by atoms with van der Waals surface area (Å²) in [6.07, 6.45) is 1.72. The van der Waals surface area contributed by atoms with Gasteiger partial charge in [-0.05, 0) is 19.8 Å². The normalized spacial score (nSPS) is 35.1. The van der Waals surface area contributed by atoms with Gasteiger partial charge < -0.3 is 10.6 Å². The minimum Gasteiger partial charge on any atom is -0.369 e. The Hall–Kier alpha value is -1.66. The van der Waals surface area contributed by atoms with E-state index in [1.807, 2.05) is 6.92 Å². The fourth-order valence-electron chi connectivity index (χ4n) is 2.54. The monoisotopic (exact) mass is 255 g/mol. The molecule has 1 aliphatic heterocycles. The van der Waals surface area contributed by atoms with Crippen molar-refractivity contribution in [1.82, 2.24) is 4.90 Å². The largest absolute Gasteiger partial charge is 0.369 e. The zero-order valence-corrected chi connectivity index (χ0v) is 10.2. The van der Waals surface area contributed by atoms with Gasteiger partial charge >= 0.3 is 0 Å². The van der Waals surface area contributed by atoms with Crippen LogP contribution in [0.3, 0.4) is 0 Å². The summed E-state index contributed by atoms with van der Waals surface area (Å²) in [5.74, 6) is -1.43. The highest BCUT2D eigenvalue weighted by Gasteiger charge is 2.55. The summed E-state index contributed by atoms with van der Waals surface area (Å²) in [5, 5.41) is 10.6. The second-order valence-electron chi connectivity index (χ2n) is 5.21. The van der Waals surface area contributed by atoms with Crippen LogP contribution in [0.2, 0.25) is 0 Å². The Kier molecular flexibility index (Phi) is 3.23. The van der Waals surface area contributed by atoms with Gasteiger partial charge in [0.2, 0.25) is 17.9 Å². The van der Waals surface area contributed by atoms with Crippen molar-refractivity contribution in [2.75, 3.05) is 6.54 Å². The highest BCUT2D eigenvalue weighted by Crippen LogP contribution is 2.36. The van der Waals surface area contributed by atoms with Crippen molar-refractivity contribution in [2.24, 2.45) is 17.6 Å². The van der Waals surface area contributed by atoms with E-state index >= 15 is 0 Å². The summed E-state index contributed by atoms with van der Waals surface area (Å²) in [4.78, 5) is 35.1. The molecule has 1 saturated heterocycles. The minimum atomic E-state index is -0.737. The molecule has 100 valence electrons. The van der Waals surface area contributed by atoms with E-state index in [1.165, 1.54) is 0 Å². The Morgan fingerprint density at radius 2 is 2.06 bits per heavy atom. The lowest BCUT2D eigenvalue weighted by atomic mass is 9.92. The molecule has 2 rings (SSSR count). The number of likely N-dealkylation sites (tertiary alicyclic amines) is 1. The molecule has 0 aromatic rings. The predicted octanol–water partition coefficient (Wildman–Crippen LogP) is -0.236. The average Bonchev–Trinajstić information content (AvgIpc) is 3.08. The van der Waals surface area contributed by atoms with Gasteiger partial charge in [-0.25, -0.2) is 0 Å². The standard InChI is InChI=1S/C11H17N3O4/c1-6-2-3-7(10(12)15)5-13(6)11(16)8-4-9(8)14(17)18/h6-9H,2-5H2,1H3,(H2,12,15). The summed E-state index contributed by atoms with van der Waals surface area (Å²) in [7, 11) is 0. The molecular formula is C11H17N3O4. The van der Waals surface area contributed by atoms with E-state index in [9.17, 15) is 19.7 Å². The number of carbonyl (C=O) groups excluding carboxylic acids is 2. The topological polar surface area (TPSA) is 107 Å². The third-order valence-electron chi connectivity index (χ3n) is 3.91. The van der Waals surface area contributed by atoms with Crippen LogP contribution in [0.4, 0.5) is 0 Å². The molecule has 2 aliphatic rings. The molecular weight excluding hydrogens is 238 g/mol. The van der Waals surface area contributed by atoms with E-state index in [-0.39, 0.29) is 17.9 Å². The molecule has 0 aromatic heterocycles. The molecule has 1 heterocycles. The Morgan fingerprint density at radius 3 is 2.56 bits per heavy atom. The first-order chi connectivity index (χ1) is 8.41. The maximum atomic E-state index is 12.1. The van der Waals surface area contributed by atoms with Crippen LogP contribution in [0.15, 0.2) is 0 Å². The first-order valence-electron chi connectivity index (χ1n) is 6.15. The first-order valence-corrected chi connectivity index (χ1v) is 6.15. The van der Waals surface area contributed by atoms with Crippen molar-refractivity contribution in [1.29, 1.82) is 0 Å². The van der Waals surface area contributed by atoms with Gasteiger partial charge in [-0.2, -0.15) is 0 Å². The lowest BCUT2D eigenvalue weighted by Crippen LogP contribution is -2.49. The molecule has 7 heteroatoms. The Balaban J connectivity index is 2.00. The van der Waals surface area contributed by atoms with E-state index < -0.39 is 22.8 Å². The Bertz CT molecular complexity index is 398. The third kappa shape index (κ3) is 2.30. The highest BCUT2D eigenvalue weighted by atomic mass is 16.6. The smallest absolute Gasteiger partial charge is 0.233 e. The van der Waals surface area contributed by atoms with Crippen molar-refractivity contribution in [3.8, 4) is 0 Å². The summed E-state index contributed by atoms with van der Waals surface area (Å²) in [6, 6.07) is -0.709. The molecule has 7 nitrogen and oxygen atoms in total. The van der Waals surface area contributed by atoms with Crippen molar-refractivity contribution < 1.29 is 14.5 Å². The van der Waals surface area contributed by atoms with Crippen molar-refractivity contribution in [3.63, 3.8) is 0 Å². The van der Waals surface area contributed by atoms with Crippen LogP contribution in [0.1, 0.15) is 26.2 Å². The van der Waals surface area contributed by atoms with Gasteiger partial charge in [-0.15, -0.1) is 0 Å². The van der Waals surface area contributed by atoms with Gasteiger partial charge in [-0.1, -0.05) is 0 Å². The third-order valence-corrected chi connectivity index (χ3v) is 3.91. The van der Waals surface area contributed by atoms with Crippen LogP contribution in [0.5, 0.6) is 0 Å². The van der Waals surface area contributed by atoms with Crippen molar-refractivity contribution >= 4 is 11.8 Å². The molecule has 0 radical (unpaired) electrons. The molecule has 4 atom stereocenters. The molecule has 18 heavy (non-hydrogen) atoms. The maximum absolute atomic E-state index is 12.1. The molecule has 0 aromatic carbocycles. The molecule has 0 spiro atoms. The number of piperidine rings is 1. The van der Waals surface area contributed by atoms with Crippen LogP contribution in [-0.4, -0.2) is 40.3 Å². The minimum absolute atomic E-state index is 0.0288. The lowest BCUT2D eigenvalue weighted by molar-refractivity contribution is -0.497. The average molecular weight is 255 g/mol. The summed E-state index contributed by atoms with van der Waals surface area (Å²) >= 11 is 0. The van der Waals surface area contributed by atoms with Crippen LogP contribution >= 0.6 is 0 Å². The molecule has 1 saturated carbocycles. The first kappa shape index (κ1) is 12.8. The second kappa shape index (κ2) is 4.55. The van der Waals surface area contributed by atoms with Crippen LogP contribution in [0, 0.1) is 22.0 Å². The zero-order chi connectivity index (χ0) is 13.4. The molecule has 2 fully saturated rings. The van der Waals surface area contributed by atoms with Gasteiger partial charge in [0, 0.05) is 23.9 Å². The van der Waals surface area contributed by atoms with Gasteiger partial charge in [-0.3, -0.25) is 19.7 Å². The summed E-state index contributed by atoms with van der Waals surface area (Å²) < 4.78 is 0. The van der Waals surface area contributed by atoms with Crippen LogP contribution in [-0.2, 0) is 9.59 Å². The number of nitrogens with two attached hydrogens (primary N) is 1. The fraction of sp³-hybridized carbons (Fsp3) is 0.818. The molecule has 2 amide bonds. The predicted molar refractivity (Wildman–Crippen MR) is 62.0 cm³/mol. The number of amides is 2. The lowest BCUT2D eigenvalue weighted by Gasteiger charge is -2.36. The van der Waals surface area contributed by atoms with Gasteiger partial charge in [0.15, 0.2) is 0 Å². The number of rotatable bonds is 3. The number of hydrogen-bond acceptors (Lipinski definition) is 4. The van der Waals surface area contributed by atoms with E-state index in [1.54, 1.807) is 4.90 Å². The number of hydrogen-bond donors (Lipinski definition) is 1. The molecule has 0 bridgehead atoms. The van der Waals surface area contributed by atoms with Crippen molar-refractivity contribution in [2.45, 2.75) is 38.3 Å². The van der Waals surface area contributed by atoms with Crippen LogP contribution in [0.25, 0.3) is 0 Å². The fourth-order valence-corrected chi connectivity index (χ4v) is 2.54. The van der Waals surface area contributed by atoms with E-state index in [2.05, 4.69) is 0 Å². The molecule has 4 unspecified atom stereocenters. The highest BCUT2D eigenvalue weighted by molar-refractivity contribution is 5.84. The number of nitrogens with zero attached hydrogens (tertiary/aromatic N) is 2. The van der Waals surface area contributed by atoms with E-state index in [0.717, 1.165) is 6.42 Å². The van der Waals surface area contributed by atoms with E-state index in [0.29, 0.717) is 19.4 Å². The van der Waals surface area contributed by atoms with Gasteiger partial charge in [0.1, 0.15) is 5.92 Å². The number of primary amides is 1. The molecule has 1 aliphatic carbocycles. The summed E-state index contributed by atoms with van der Waals surface area (Å²) in [5.41, 5.74) is 5.26. The second-order valence-corrected chi connectivity index (χ2v) is 5.21. The SMILES string of the molecule is CC1CCC(C(N)=O)CN1C(=O)C1CC1[N+](=O)[O-]. The maximum Gasteiger partial charge on any atom is 0.233 e. The quantitative estimate of drug-likeness (QED) is 0.555. The van der Waals surface area contributed by atoms with Crippen molar-refractivity contribution in [3.05, 3.63) is 10.1 Å². The molecule has 2 N–H and O–H groups in total. The number of nitro groups is 1. The Morgan fingerprint density at radius 1 is 1.39 bits per heavy atom. The van der Waals surface area contributed by atoms with Gasteiger partial charge in [0.25, 0.3) is 0 Å².